The van der Waals surface area contributed by atoms with Gasteiger partial charge in [0.1, 0.15) is 0 Å². The molecule has 3 nitrogen and oxygen atoms in total. The predicted molar refractivity (Wildman–Crippen MR) is 140 cm³/mol. The Kier molecular flexibility index (Phi) is 6.46. The average Bonchev–Trinajstić information content (AvgIpc) is 3.67. The Labute approximate surface area is 207 Å². The number of hydrogen-bond acceptors (Lipinski definition) is 2. The maximum absolute atomic E-state index is 12.3. The van der Waals surface area contributed by atoms with Gasteiger partial charge in [-0.25, -0.2) is 0 Å². The van der Waals surface area contributed by atoms with Gasteiger partial charge in [0, 0.05) is 27.7 Å². The minimum Gasteiger partial charge on any atom is -0.315 e. The van der Waals surface area contributed by atoms with Crippen LogP contribution in [0.1, 0.15) is 43.7 Å². The van der Waals surface area contributed by atoms with E-state index in [0.717, 1.165) is 28.3 Å². The molecule has 1 saturated heterocycles. The molecule has 0 spiro atoms. The number of likely N-dealkylation sites (tertiary alicyclic amines) is 1. The standard InChI is InChI=1S/C30H29ClN2O/c1-22-16-20-33(21-17-22)30(18-19-30)26-9-2-23(3-10-26)4-15-29(34)32-28-13-7-25(8-14-28)24-5-11-27(31)12-6-24/h2-3,5-14,22H,16-21H2,1H3,(H,32,34). The molecule has 0 unspecified atom stereocenters. The lowest BCUT2D eigenvalue weighted by Gasteiger charge is -2.37. The number of anilines is 1. The lowest BCUT2D eigenvalue weighted by Crippen LogP contribution is -2.41. The lowest BCUT2D eigenvalue weighted by atomic mass is 9.94. The van der Waals surface area contributed by atoms with Crippen molar-refractivity contribution in [1.82, 2.24) is 4.90 Å². The molecule has 2 aliphatic rings. The van der Waals surface area contributed by atoms with Gasteiger partial charge in [0.2, 0.25) is 0 Å². The summed E-state index contributed by atoms with van der Waals surface area (Å²) in [5.41, 5.74) is 5.35. The highest BCUT2D eigenvalue weighted by Crippen LogP contribution is 2.52. The minimum absolute atomic E-state index is 0.238. The maximum Gasteiger partial charge on any atom is 0.300 e. The van der Waals surface area contributed by atoms with Crippen molar-refractivity contribution in [2.45, 2.75) is 38.1 Å². The number of amides is 1. The van der Waals surface area contributed by atoms with Gasteiger partial charge in [-0.3, -0.25) is 9.69 Å². The predicted octanol–water partition coefficient (Wildman–Crippen LogP) is 6.72. The van der Waals surface area contributed by atoms with Crippen LogP contribution in [-0.4, -0.2) is 23.9 Å². The first-order chi connectivity index (χ1) is 16.5. The second-order valence-corrected chi connectivity index (χ2v) is 10.0. The van der Waals surface area contributed by atoms with Crippen LogP contribution in [0.25, 0.3) is 11.1 Å². The van der Waals surface area contributed by atoms with Crippen LogP contribution in [-0.2, 0) is 10.3 Å². The molecule has 5 rings (SSSR count). The minimum atomic E-state index is -0.315. The fourth-order valence-corrected chi connectivity index (χ4v) is 5.01. The SMILES string of the molecule is CC1CCN(C2(c3ccc(C#CC(=O)Nc4ccc(-c5ccc(Cl)cc5)cc4)cc3)CC2)CC1. The first-order valence-electron chi connectivity index (χ1n) is 12.1. The summed E-state index contributed by atoms with van der Waals surface area (Å²) in [5.74, 6) is 6.25. The van der Waals surface area contributed by atoms with Crippen molar-refractivity contribution in [3.8, 4) is 23.0 Å². The van der Waals surface area contributed by atoms with Gasteiger partial charge >= 0.3 is 5.91 Å². The Morgan fingerprint density at radius 3 is 2.09 bits per heavy atom. The molecule has 1 saturated carbocycles. The Morgan fingerprint density at radius 1 is 0.912 bits per heavy atom. The van der Waals surface area contributed by atoms with Crippen LogP contribution in [0.2, 0.25) is 5.02 Å². The third-order valence-electron chi connectivity index (χ3n) is 7.18. The van der Waals surface area contributed by atoms with E-state index < -0.39 is 0 Å². The summed E-state index contributed by atoms with van der Waals surface area (Å²) in [6, 6.07) is 23.9. The van der Waals surface area contributed by atoms with E-state index in [9.17, 15) is 4.79 Å². The van der Waals surface area contributed by atoms with Crippen LogP contribution >= 0.6 is 11.6 Å². The maximum atomic E-state index is 12.3. The Bertz CT molecular complexity index is 1210. The Morgan fingerprint density at radius 2 is 1.50 bits per heavy atom. The van der Waals surface area contributed by atoms with Crippen LogP contribution in [0.4, 0.5) is 5.69 Å². The van der Waals surface area contributed by atoms with E-state index in [1.807, 2.05) is 60.7 Å². The van der Waals surface area contributed by atoms with Crippen molar-refractivity contribution in [1.29, 1.82) is 0 Å². The van der Waals surface area contributed by atoms with Gasteiger partial charge in [0.15, 0.2) is 0 Å². The van der Waals surface area contributed by atoms with Gasteiger partial charge in [-0.1, -0.05) is 60.8 Å². The molecule has 3 aromatic rings. The average molecular weight is 469 g/mol. The molecule has 1 aliphatic heterocycles. The molecular weight excluding hydrogens is 440 g/mol. The van der Waals surface area contributed by atoms with Gasteiger partial charge in [-0.15, -0.1) is 0 Å². The molecule has 2 fully saturated rings. The first-order valence-corrected chi connectivity index (χ1v) is 12.4. The number of benzene rings is 3. The van der Waals surface area contributed by atoms with Crippen LogP contribution in [0.5, 0.6) is 0 Å². The zero-order valence-corrected chi connectivity index (χ0v) is 20.2. The summed E-state index contributed by atoms with van der Waals surface area (Å²) in [6.07, 6.45) is 5.08. The first kappa shape index (κ1) is 22.7. The highest BCUT2D eigenvalue weighted by molar-refractivity contribution is 6.30. The second kappa shape index (κ2) is 9.66. The van der Waals surface area contributed by atoms with Crippen molar-refractivity contribution in [2.75, 3.05) is 18.4 Å². The summed E-state index contributed by atoms with van der Waals surface area (Å²) in [6.45, 7) is 4.75. The molecule has 0 bridgehead atoms. The van der Waals surface area contributed by atoms with Gasteiger partial charge in [0.05, 0.1) is 0 Å². The van der Waals surface area contributed by atoms with Crippen molar-refractivity contribution in [2.24, 2.45) is 5.92 Å². The van der Waals surface area contributed by atoms with Gasteiger partial charge < -0.3 is 5.32 Å². The summed E-state index contributed by atoms with van der Waals surface area (Å²) in [5, 5.41) is 3.56. The number of halogens is 1. The number of piperidine rings is 1. The molecule has 3 aromatic carbocycles. The van der Waals surface area contributed by atoms with Gasteiger partial charge in [0.25, 0.3) is 0 Å². The lowest BCUT2D eigenvalue weighted by molar-refractivity contribution is -0.111. The van der Waals surface area contributed by atoms with E-state index in [0.29, 0.717) is 5.02 Å². The molecule has 1 amide bonds. The summed E-state index contributed by atoms with van der Waals surface area (Å²) >= 11 is 5.96. The number of carbonyl (C=O) groups is 1. The van der Waals surface area contributed by atoms with Crippen LogP contribution < -0.4 is 5.32 Å². The van der Waals surface area contributed by atoms with Crippen LogP contribution in [0.15, 0.2) is 72.8 Å². The van der Waals surface area contributed by atoms with E-state index in [2.05, 4.69) is 41.1 Å². The van der Waals surface area contributed by atoms with E-state index in [4.69, 9.17) is 11.6 Å². The molecule has 0 atom stereocenters. The third kappa shape index (κ3) is 5.04. The monoisotopic (exact) mass is 468 g/mol. The van der Waals surface area contributed by atoms with Gasteiger partial charge in [-0.2, -0.15) is 0 Å². The zero-order valence-electron chi connectivity index (χ0n) is 19.5. The third-order valence-corrected chi connectivity index (χ3v) is 7.43. The molecular formula is C30H29ClN2O. The highest BCUT2D eigenvalue weighted by Gasteiger charge is 2.49. The fourth-order valence-electron chi connectivity index (χ4n) is 4.89. The molecule has 1 aliphatic carbocycles. The van der Waals surface area contributed by atoms with Crippen molar-refractivity contribution in [3.05, 3.63) is 88.9 Å². The molecule has 34 heavy (non-hydrogen) atoms. The summed E-state index contributed by atoms with van der Waals surface area (Å²) in [7, 11) is 0. The van der Waals surface area contributed by atoms with Crippen molar-refractivity contribution in [3.63, 3.8) is 0 Å². The number of hydrogen-bond donors (Lipinski definition) is 1. The fraction of sp³-hybridized carbons (Fsp3) is 0.300. The number of carbonyl (C=O) groups excluding carboxylic acids is 1. The number of rotatable bonds is 4. The molecule has 172 valence electrons. The van der Waals surface area contributed by atoms with Crippen LogP contribution in [0, 0.1) is 17.8 Å². The van der Waals surface area contributed by atoms with E-state index in [-0.39, 0.29) is 11.4 Å². The quantitative estimate of drug-likeness (QED) is 0.431. The van der Waals surface area contributed by atoms with Crippen molar-refractivity contribution >= 4 is 23.2 Å². The largest absolute Gasteiger partial charge is 0.315 e. The number of nitrogens with one attached hydrogen (secondary N) is 1. The topological polar surface area (TPSA) is 32.3 Å². The zero-order chi connectivity index (χ0) is 23.5. The Balaban J connectivity index is 1.19. The van der Waals surface area contributed by atoms with E-state index in [1.54, 1.807) is 0 Å². The van der Waals surface area contributed by atoms with Crippen LogP contribution in [0.3, 0.4) is 0 Å². The number of nitrogens with zero attached hydrogens (tertiary/aromatic N) is 1. The summed E-state index contributed by atoms with van der Waals surface area (Å²) < 4.78 is 0. The molecule has 4 heteroatoms. The van der Waals surface area contributed by atoms with E-state index in [1.165, 1.54) is 44.3 Å². The van der Waals surface area contributed by atoms with Crippen molar-refractivity contribution < 1.29 is 4.79 Å². The van der Waals surface area contributed by atoms with E-state index >= 15 is 0 Å². The normalized spacial score (nSPS) is 17.5. The summed E-state index contributed by atoms with van der Waals surface area (Å²) in [4.78, 5) is 15.0. The molecule has 1 heterocycles. The molecule has 0 radical (unpaired) electrons. The molecule has 1 N–H and O–H groups in total. The molecule has 0 aromatic heterocycles. The highest BCUT2D eigenvalue weighted by atomic mass is 35.5. The smallest absolute Gasteiger partial charge is 0.300 e. The Hall–Kier alpha value is -3.06. The second-order valence-electron chi connectivity index (χ2n) is 9.57. The van der Waals surface area contributed by atoms with Gasteiger partial charge in [-0.05, 0) is 97.8 Å².